The third kappa shape index (κ3) is 2.71. The van der Waals surface area contributed by atoms with Gasteiger partial charge in [-0.15, -0.1) is 0 Å². The van der Waals surface area contributed by atoms with Crippen LogP contribution in [-0.4, -0.2) is 9.97 Å². The van der Waals surface area contributed by atoms with Crippen molar-refractivity contribution < 1.29 is 4.74 Å². The topological polar surface area (TPSA) is 35.0 Å². The molecule has 1 aromatic heterocycles. The second kappa shape index (κ2) is 5.27. The van der Waals surface area contributed by atoms with Gasteiger partial charge in [0.25, 0.3) is 5.88 Å². The Bertz CT molecular complexity index is 447. The van der Waals surface area contributed by atoms with Crippen LogP contribution < -0.4 is 4.74 Å². The van der Waals surface area contributed by atoms with Crippen molar-refractivity contribution >= 4 is 27.5 Å². The van der Waals surface area contributed by atoms with Crippen molar-refractivity contribution in [1.29, 1.82) is 0 Å². The van der Waals surface area contributed by atoms with E-state index in [1.165, 1.54) is 6.20 Å². The minimum atomic E-state index is 0.273. The lowest BCUT2D eigenvalue weighted by Crippen LogP contribution is -1.99. The first kappa shape index (κ1) is 11.4. The van der Waals surface area contributed by atoms with Crippen LogP contribution in [0.3, 0.4) is 0 Å². The van der Waals surface area contributed by atoms with Crippen LogP contribution in [0.1, 0.15) is 5.56 Å². The Morgan fingerprint density at radius 3 is 2.69 bits per heavy atom. The lowest BCUT2D eigenvalue weighted by molar-refractivity contribution is 0.292. The van der Waals surface area contributed by atoms with Crippen LogP contribution in [0.2, 0.25) is 5.15 Å². The highest BCUT2D eigenvalue weighted by molar-refractivity contribution is 9.10. The van der Waals surface area contributed by atoms with Crippen molar-refractivity contribution in [2.24, 2.45) is 0 Å². The first-order chi connectivity index (χ1) is 7.77. The van der Waals surface area contributed by atoms with E-state index in [9.17, 15) is 0 Å². The second-order valence-corrected chi connectivity index (χ2v) is 4.24. The molecule has 3 nitrogen and oxygen atoms in total. The molecule has 0 radical (unpaired) electrons. The Morgan fingerprint density at radius 1 is 1.19 bits per heavy atom. The summed E-state index contributed by atoms with van der Waals surface area (Å²) in [6.07, 6.45) is 3.06. The summed E-state index contributed by atoms with van der Waals surface area (Å²) >= 11 is 9.26. The molecular formula is C11H8BrClN2O. The predicted molar refractivity (Wildman–Crippen MR) is 65.5 cm³/mol. The number of benzene rings is 1. The third-order valence-electron chi connectivity index (χ3n) is 1.95. The van der Waals surface area contributed by atoms with Crippen molar-refractivity contribution in [3.63, 3.8) is 0 Å². The van der Waals surface area contributed by atoms with Gasteiger partial charge in [-0.05, 0) is 6.07 Å². The van der Waals surface area contributed by atoms with Gasteiger partial charge in [-0.25, -0.2) is 9.97 Å². The highest BCUT2D eigenvalue weighted by Crippen LogP contribution is 2.21. The fraction of sp³-hybridized carbons (Fsp3) is 0.0909. The molecule has 0 spiro atoms. The molecule has 5 heteroatoms. The van der Waals surface area contributed by atoms with Gasteiger partial charge in [-0.1, -0.05) is 45.7 Å². The summed E-state index contributed by atoms with van der Waals surface area (Å²) in [5, 5.41) is 0.273. The van der Waals surface area contributed by atoms with Crippen molar-refractivity contribution in [3.05, 3.63) is 51.8 Å². The molecule has 0 aliphatic rings. The van der Waals surface area contributed by atoms with Crippen LogP contribution >= 0.6 is 27.5 Å². The summed E-state index contributed by atoms with van der Waals surface area (Å²) in [5.41, 5.74) is 1.03. The SMILES string of the molecule is Clc1nccnc1OCc1ccccc1Br. The Balaban J connectivity index is 2.09. The first-order valence-corrected chi connectivity index (χ1v) is 5.77. The molecular weight excluding hydrogens is 291 g/mol. The van der Waals surface area contributed by atoms with E-state index in [1.54, 1.807) is 6.20 Å². The van der Waals surface area contributed by atoms with Crippen molar-refractivity contribution in [2.75, 3.05) is 0 Å². The number of halogens is 2. The molecule has 1 heterocycles. The van der Waals surface area contributed by atoms with Gasteiger partial charge in [0.05, 0.1) is 0 Å². The zero-order valence-electron chi connectivity index (χ0n) is 8.23. The molecule has 0 aliphatic heterocycles. The number of hydrogen-bond acceptors (Lipinski definition) is 3. The molecule has 0 amide bonds. The average Bonchev–Trinajstić information content (AvgIpc) is 2.30. The molecule has 0 saturated carbocycles. The zero-order valence-corrected chi connectivity index (χ0v) is 10.6. The van der Waals surface area contributed by atoms with Gasteiger partial charge in [-0.3, -0.25) is 0 Å². The normalized spacial score (nSPS) is 10.1. The Labute approximate surface area is 107 Å². The molecule has 0 atom stereocenters. The van der Waals surface area contributed by atoms with E-state index in [2.05, 4.69) is 25.9 Å². The van der Waals surface area contributed by atoms with Crippen LogP contribution in [0, 0.1) is 0 Å². The zero-order chi connectivity index (χ0) is 11.4. The number of hydrogen-bond donors (Lipinski definition) is 0. The van der Waals surface area contributed by atoms with E-state index >= 15 is 0 Å². The van der Waals surface area contributed by atoms with Crippen molar-refractivity contribution in [1.82, 2.24) is 9.97 Å². The van der Waals surface area contributed by atoms with E-state index in [1.807, 2.05) is 24.3 Å². The second-order valence-electron chi connectivity index (χ2n) is 3.03. The average molecular weight is 300 g/mol. The molecule has 0 fully saturated rings. The first-order valence-electron chi connectivity index (χ1n) is 4.60. The van der Waals surface area contributed by atoms with Gasteiger partial charge >= 0.3 is 0 Å². The molecule has 2 rings (SSSR count). The van der Waals surface area contributed by atoms with Crippen LogP contribution in [0.4, 0.5) is 0 Å². The smallest absolute Gasteiger partial charge is 0.252 e. The van der Waals surface area contributed by atoms with Gasteiger partial charge in [0.2, 0.25) is 0 Å². The Hall–Kier alpha value is -1.13. The molecule has 0 saturated heterocycles. The van der Waals surface area contributed by atoms with E-state index in [0.717, 1.165) is 10.0 Å². The maximum Gasteiger partial charge on any atom is 0.252 e. The molecule has 0 aliphatic carbocycles. The minimum absolute atomic E-state index is 0.273. The predicted octanol–water partition coefficient (Wildman–Crippen LogP) is 3.47. The van der Waals surface area contributed by atoms with Crippen LogP contribution in [0.5, 0.6) is 5.88 Å². The van der Waals surface area contributed by atoms with E-state index in [-0.39, 0.29) is 5.15 Å². The lowest BCUT2D eigenvalue weighted by atomic mass is 10.2. The van der Waals surface area contributed by atoms with Crippen molar-refractivity contribution in [2.45, 2.75) is 6.61 Å². The summed E-state index contributed by atoms with van der Waals surface area (Å²) in [6, 6.07) is 7.82. The molecule has 2 aromatic rings. The van der Waals surface area contributed by atoms with Gasteiger partial charge in [0.15, 0.2) is 5.15 Å². The highest BCUT2D eigenvalue weighted by atomic mass is 79.9. The molecule has 1 aromatic carbocycles. The molecule has 0 bridgehead atoms. The summed E-state index contributed by atoms with van der Waals surface area (Å²) in [5.74, 6) is 0.347. The number of ether oxygens (including phenoxy) is 1. The van der Waals surface area contributed by atoms with Gasteiger partial charge in [0.1, 0.15) is 6.61 Å². The van der Waals surface area contributed by atoms with E-state index in [0.29, 0.717) is 12.5 Å². The van der Waals surface area contributed by atoms with Gasteiger partial charge < -0.3 is 4.74 Å². The van der Waals surface area contributed by atoms with Crippen LogP contribution in [-0.2, 0) is 6.61 Å². The Kier molecular flexibility index (Phi) is 3.74. The molecule has 0 N–H and O–H groups in total. The number of aromatic nitrogens is 2. The summed E-state index contributed by atoms with van der Waals surface area (Å²) in [6.45, 7) is 0.403. The monoisotopic (exact) mass is 298 g/mol. The fourth-order valence-corrected chi connectivity index (χ4v) is 1.73. The third-order valence-corrected chi connectivity index (χ3v) is 2.98. The standard InChI is InChI=1S/C11H8BrClN2O/c12-9-4-2-1-3-8(9)7-16-11-10(13)14-5-6-15-11/h1-6H,7H2. The number of nitrogens with zero attached hydrogens (tertiary/aromatic N) is 2. The van der Waals surface area contributed by atoms with E-state index in [4.69, 9.17) is 16.3 Å². The van der Waals surface area contributed by atoms with Crippen LogP contribution in [0.15, 0.2) is 41.1 Å². The fourth-order valence-electron chi connectivity index (χ4n) is 1.17. The van der Waals surface area contributed by atoms with Gasteiger partial charge in [-0.2, -0.15) is 0 Å². The molecule has 16 heavy (non-hydrogen) atoms. The summed E-state index contributed by atoms with van der Waals surface area (Å²) in [7, 11) is 0. The molecule has 82 valence electrons. The Morgan fingerprint density at radius 2 is 1.94 bits per heavy atom. The maximum atomic E-state index is 5.82. The lowest BCUT2D eigenvalue weighted by Gasteiger charge is -2.07. The summed E-state index contributed by atoms with van der Waals surface area (Å²) in [4.78, 5) is 7.87. The van der Waals surface area contributed by atoms with E-state index < -0.39 is 0 Å². The maximum absolute atomic E-state index is 5.82. The largest absolute Gasteiger partial charge is 0.471 e. The molecule has 0 unspecified atom stereocenters. The quantitative estimate of drug-likeness (QED) is 0.870. The highest BCUT2D eigenvalue weighted by Gasteiger charge is 2.04. The number of rotatable bonds is 3. The minimum Gasteiger partial charge on any atom is -0.471 e. The van der Waals surface area contributed by atoms with Crippen LogP contribution in [0.25, 0.3) is 0 Å². The van der Waals surface area contributed by atoms with Gasteiger partial charge in [0, 0.05) is 22.4 Å². The van der Waals surface area contributed by atoms with Crippen molar-refractivity contribution in [3.8, 4) is 5.88 Å². The summed E-state index contributed by atoms with van der Waals surface area (Å²) < 4.78 is 6.46.